The van der Waals surface area contributed by atoms with Gasteiger partial charge in [0, 0.05) is 23.0 Å². The molecule has 2 aliphatic heterocycles. The Morgan fingerprint density at radius 2 is 1.85 bits per heavy atom. The minimum Gasteiger partial charge on any atom is -0.479 e. The summed E-state index contributed by atoms with van der Waals surface area (Å²) in [6, 6.07) is 10.1. The molecular weight excluding hydrogens is 532 g/mol. The summed E-state index contributed by atoms with van der Waals surface area (Å²) in [5.74, 6) is 0.0636. The van der Waals surface area contributed by atoms with Crippen molar-refractivity contribution in [1.82, 2.24) is 15.0 Å². The number of hydrogen-bond donors (Lipinski definition) is 1. The Morgan fingerprint density at radius 1 is 1.12 bits per heavy atom. The number of nitrogens with zero attached hydrogens (tertiary/aromatic N) is 5. The second-order valence-electron chi connectivity index (χ2n) is 9.74. The smallest absolute Gasteiger partial charge is 0.319 e. The lowest BCUT2D eigenvalue weighted by atomic mass is 9.86. The Kier molecular flexibility index (Phi) is 7.08. The number of anilines is 2. The van der Waals surface area contributed by atoms with Crippen LogP contribution in [-0.4, -0.2) is 41.1 Å². The van der Waals surface area contributed by atoms with Crippen LogP contribution in [-0.2, 0) is 4.79 Å². The number of carbonyl (C=O) groups excluding carboxylic acids is 1. The molecule has 2 atom stereocenters. The summed E-state index contributed by atoms with van der Waals surface area (Å²) in [5, 5.41) is 9.35. The maximum atomic E-state index is 14.2. The quantitative estimate of drug-likeness (QED) is 0.467. The van der Waals surface area contributed by atoms with Crippen LogP contribution in [0.4, 0.5) is 11.4 Å². The predicted molar refractivity (Wildman–Crippen MR) is 150 cm³/mol. The van der Waals surface area contributed by atoms with Crippen molar-refractivity contribution < 1.29 is 14.3 Å². The first-order chi connectivity index (χ1) is 19.2. The van der Waals surface area contributed by atoms with Gasteiger partial charge in [0.05, 0.1) is 49.8 Å². The molecule has 10 nitrogen and oxygen atoms in total. The van der Waals surface area contributed by atoms with E-state index in [1.54, 1.807) is 23.2 Å². The Hall–Kier alpha value is -4.62. The van der Waals surface area contributed by atoms with Gasteiger partial charge in [0.15, 0.2) is 0 Å². The maximum absolute atomic E-state index is 14.2. The molecule has 40 heavy (non-hydrogen) atoms. The van der Waals surface area contributed by atoms with E-state index >= 15 is 0 Å². The van der Waals surface area contributed by atoms with Crippen molar-refractivity contribution in [3.63, 3.8) is 0 Å². The van der Waals surface area contributed by atoms with Crippen LogP contribution in [0.3, 0.4) is 0 Å². The summed E-state index contributed by atoms with van der Waals surface area (Å²) >= 11 is 6.20. The van der Waals surface area contributed by atoms with Crippen LogP contribution in [0.15, 0.2) is 70.4 Å². The lowest BCUT2D eigenvalue weighted by Gasteiger charge is -2.39. The van der Waals surface area contributed by atoms with Gasteiger partial charge in [-0.2, -0.15) is 10.2 Å². The van der Waals surface area contributed by atoms with E-state index in [9.17, 15) is 14.9 Å². The van der Waals surface area contributed by atoms with Gasteiger partial charge >= 0.3 is 6.01 Å². The molecule has 0 bridgehead atoms. The first-order valence-corrected chi connectivity index (χ1v) is 13.0. The fraction of sp³-hybridized carbons (Fsp3) is 0.276. The van der Waals surface area contributed by atoms with Gasteiger partial charge in [-0.3, -0.25) is 14.5 Å². The Balaban J connectivity index is 1.80. The van der Waals surface area contributed by atoms with Crippen LogP contribution in [0.25, 0.3) is 0 Å². The highest BCUT2D eigenvalue weighted by atomic mass is 35.5. The number of benzene rings is 1. The first kappa shape index (κ1) is 27.0. The summed E-state index contributed by atoms with van der Waals surface area (Å²) in [6.45, 7) is 6.10. The number of nitrogens with one attached hydrogen (secondary N) is 1. The summed E-state index contributed by atoms with van der Waals surface area (Å²) in [7, 11) is 3.02. The van der Waals surface area contributed by atoms with E-state index < -0.39 is 11.6 Å². The highest BCUT2D eigenvalue weighted by molar-refractivity contribution is 6.30. The zero-order chi connectivity index (χ0) is 28.7. The third kappa shape index (κ3) is 4.38. The molecule has 4 heterocycles. The minimum atomic E-state index is -0.578. The van der Waals surface area contributed by atoms with Crippen molar-refractivity contribution in [1.29, 1.82) is 5.26 Å². The second kappa shape index (κ2) is 10.5. The Morgan fingerprint density at radius 3 is 2.45 bits per heavy atom. The van der Waals surface area contributed by atoms with Gasteiger partial charge in [-0.05, 0) is 42.7 Å². The number of fused-ring (bicyclic) bond motifs is 1. The number of nitriles is 1. The number of hydrogen-bond acceptors (Lipinski definition) is 8. The number of carbonyl (C=O) groups is 1. The number of aromatic amines is 1. The lowest BCUT2D eigenvalue weighted by molar-refractivity contribution is -0.114. The molecule has 204 valence electrons. The van der Waals surface area contributed by atoms with E-state index in [1.165, 1.54) is 26.5 Å². The number of aromatic nitrogens is 3. The number of allylic oxidation sites excluding steroid dienone is 1. The summed E-state index contributed by atoms with van der Waals surface area (Å²) in [4.78, 5) is 41.3. The molecular formula is C29H27ClN6O4. The van der Waals surface area contributed by atoms with Crippen LogP contribution in [0.1, 0.15) is 37.9 Å². The van der Waals surface area contributed by atoms with Crippen molar-refractivity contribution in [2.75, 3.05) is 24.0 Å². The van der Waals surface area contributed by atoms with Crippen molar-refractivity contribution >= 4 is 28.9 Å². The molecule has 1 fully saturated rings. The zero-order valence-electron chi connectivity index (χ0n) is 22.6. The van der Waals surface area contributed by atoms with Crippen molar-refractivity contribution in [2.45, 2.75) is 32.9 Å². The summed E-state index contributed by atoms with van der Waals surface area (Å²) in [6.07, 6.45) is 5.05. The molecule has 0 saturated carbocycles. The fourth-order valence-electron chi connectivity index (χ4n) is 5.35. The van der Waals surface area contributed by atoms with Crippen LogP contribution in [0.2, 0.25) is 5.02 Å². The van der Waals surface area contributed by atoms with Crippen molar-refractivity contribution in [2.24, 2.45) is 5.92 Å². The molecule has 0 aliphatic carbocycles. The number of H-pyrrole nitrogens is 1. The molecule has 1 amide bonds. The number of methoxy groups -OCH3 is 2. The molecule has 11 heteroatoms. The summed E-state index contributed by atoms with van der Waals surface area (Å²) in [5.41, 5.74) is 4.15. The third-order valence-corrected chi connectivity index (χ3v) is 7.27. The standard InChI is InChI=1S/C29H27ClN6O4/c1-15(2)24-23-20(10-16(3)35(24)22-14-33-29(40-5)34-27(22)39-4)28(38)36(19-11-21(30)26(37)32-13-19)25(23)18-8-6-17(12-31)7-9-18/h6-11,13-16,25H,1-5H3,(H,32,37). The van der Waals surface area contributed by atoms with Crippen LogP contribution in [0.5, 0.6) is 11.9 Å². The second-order valence-corrected chi connectivity index (χ2v) is 10.1. The molecule has 1 aromatic carbocycles. The molecule has 5 rings (SSSR count). The van der Waals surface area contributed by atoms with Gasteiger partial charge < -0.3 is 19.4 Å². The monoisotopic (exact) mass is 558 g/mol. The van der Waals surface area contributed by atoms with E-state index in [1.807, 2.05) is 25.1 Å². The number of rotatable bonds is 6. The van der Waals surface area contributed by atoms with Gasteiger partial charge in [-0.15, -0.1) is 0 Å². The van der Waals surface area contributed by atoms with Gasteiger partial charge in [-0.25, -0.2) is 4.98 Å². The van der Waals surface area contributed by atoms with Crippen LogP contribution in [0, 0.1) is 17.2 Å². The lowest BCUT2D eigenvalue weighted by Crippen LogP contribution is -2.38. The molecule has 1 N–H and O–H groups in total. The van der Waals surface area contributed by atoms with Crippen LogP contribution < -0.4 is 24.8 Å². The Labute approximate surface area is 236 Å². The highest BCUT2D eigenvalue weighted by Crippen LogP contribution is 2.51. The highest BCUT2D eigenvalue weighted by Gasteiger charge is 2.47. The van der Waals surface area contributed by atoms with Crippen LogP contribution >= 0.6 is 11.6 Å². The largest absolute Gasteiger partial charge is 0.479 e. The van der Waals surface area contributed by atoms with E-state index in [-0.39, 0.29) is 28.9 Å². The third-order valence-electron chi connectivity index (χ3n) is 6.99. The molecule has 2 aliphatic rings. The Bertz CT molecular complexity index is 1650. The molecule has 3 aromatic rings. The van der Waals surface area contributed by atoms with Gasteiger partial charge in [-0.1, -0.05) is 37.6 Å². The average molecular weight is 559 g/mol. The fourth-order valence-corrected chi connectivity index (χ4v) is 5.51. The average Bonchev–Trinajstić information content (AvgIpc) is 3.24. The first-order valence-electron chi connectivity index (χ1n) is 12.6. The maximum Gasteiger partial charge on any atom is 0.319 e. The predicted octanol–water partition coefficient (Wildman–Crippen LogP) is 4.54. The van der Waals surface area contributed by atoms with E-state index in [0.717, 1.165) is 16.8 Å². The number of amides is 1. The molecule has 2 aromatic heterocycles. The van der Waals surface area contributed by atoms with Gasteiger partial charge in [0.2, 0.25) is 5.88 Å². The van der Waals surface area contributed by atoms with Gasteiger partial charge in [0.25, 0.3) is 11.5 Å². The molecule has 0 spiro atoms. The molecule has 2 unspecified atom stereocenters. The topological polar surface area (TPSA) is 124 Å². The zero-order valence-corrected chi connectivity index (χ0v) is 23.4. The minimum absolute atomic E-state index is 0.0269. The number of halogens is 1. The van der Waals surface area contributed by atoms with E-state index in [2.05, 4.69) is 39.8 Å². The molecule has 1 saturated heterocycles. The number of pyridine rings is 1. The van der Waals surface area contributed by atoms with Gasteiger partial charge in [0.1, 0.15) is 10.7 Å². The number of ether oxygens (including phenoxy) is 2. The molecule has 0 radical (unpaired) electrons. The SMILES string of the molecule is COc1ncc(N2C(C(C)C)=C3C(=CC2C)C(=O)N(c2c[nH]c(=O)c(Cl)c2)C3c2ccc(C#N)cc2)c(OC)n1. The van der Waals surface area contributed by atoms with E-state index in [0.29, 0.717) is 28.4 Å². The van der Waals surface area contributed by atoms with E-state index in [4.69, 9.17) is 21.1 Å². The van der Waals surface area contributed by atoms with Crippen molar-refractivity contribution in [3.8, 4) is 18.0 Å². The summed E-state index contributed by atoms with van der Waals surface area (Å²) < 4.78 is 10.8. The van der Waals surface area contributed by atoms with Crippen molar-refractivity contribution in [3.05, 3.63) is 92.1 Å². The normalized spacial score (nSPS) is 18.6.